The smallest absolute Gasteiger partial charge is 0.243 e. The highest BCUT2D eigenvalue weighted by molar-refractivity contribution is 7.18. The summed E-state index contributed by atoms with van der Waals surface area (Å²) in [5, 5.41) is 7.07. The molecule has 142 valence electrons. The number of hydrogen-bond donors (Lipinski definition) is 2. The fourth-order valence-corrected chi connectivity index (χ4v) is 3.54. The van der Waals surface area contributed by atoms with Crippen molar-refractivity contribution < 1.29 is 14.3 Å². The quantitative estimate of drug-likeness (QED) is 0.599. The summed E-state index contributed by atoms with van der Waals surface area (Å²) in [5.41, 5.74) is 2.46. The Morgan fingerprint density at radius 2 is 1.93 bits per heavy atom. The SMILES string of the molecule is CCOc1ccc(OCC)c(NC(=O)CNc2ccc3nc(C)sc3c2)c1. The second-order valence-corrected chi connectivity index (χ2v) is 7.08. The standard InChI is InChI=1S/C20H23N3O3S/c1-4-25-15-7-9-18(26-5-2)17(11-15)23-20(24)12-21-14-6-8-16-19(10-14)27-13(3)22-16/h6-11,21H,4-5,12H2,1-3H3,(H,23,24). The molecule has 0 aliphatic carbocycles. The minimum Gasteiger partial charge on any atom is -0.494 e. The zero-order valence-electron chi connectivity index (χ0n) is 15.7. The Hall–Kier alpha value is -2.80. The van der Waals surface area contributed by atoms with Crippen LogP contribution in [0.1, 0.15) is 18.9 Å². The van der Waals surface area contributed by atoms with Gasteiger partial charge in [0, 0.05) is 11.8 Å². The third-order valence-electron chi connectivity index (χ3n) is 3.78. The van der Waals surface area contributed by atoms with Crippen LogP contribution in [0.4, 0.5) is 11.4 Å². The van der Waals surface area contributed by atoms with Gasteiger partial charge in [0.05, 0.1) is 40.7 Å². The first-order valence-corrected chi connectivity index (χ1v) is 9.71. The second-order valence-electron chi connectivity index (χ2n) is 5.84. The largest absolute Gasteiger partial charge is 0.494 e. The molecule has 0 radical (unpaired) electrons. The molecule has 0 bridgehead atoms. The average Bonchev–Trinajstić information content (AvgIpc) is 3.02. The van der Waals surface area contributed by atoms with Crippen molar-refractivity contribution in [1.82, 2.24) is 4.98 Å². The topological polar surface area (TPSA) is 72.5 Å². The molecule has 0 saturated carbocycles. The Balaban J connectivity index is 1.66. The van der Waals surface area contributed by atoms with Crippen LogP contribution in [0.25, 0.3) is 10.2 Å². The molecule has 1 heterocycles. The van der Waals surface area contributed by atoms with Crippen LogP contribution in [-0.4, -0.2) is 30.6 Å². The van der Waals surface area contributed by atoms with Crippen molar-refractivity contribution in [1.29, 1.82) is 0 Å². The first-order valence-electron chi connectivity index (χ1n) is 8.89. The lowest BCUT2D eigenvalue weighted by atomic mass is 10.2. The predicted octanol–water partition coefficient (Wildman–Crippen LogP) is 4.45. The van der Waals surface area contributed by atoms with Gasteiger partial charge in [-0.1, -0.05) is 0 Å². The molecule has 2 aromatic carbocycles. The number of thiazole rings is 1. The summed E-state index contributed by atoms with van der Waals surface area (Å²) in [5.74, 6) is 1.15. The Labute approximate surface area is 162 Å². The van der Waals surface area contributed by atoms with E-state index in [1.165, 1.54) is 0 Å². The summed E-state index contributed by atoms with van der Waals surface area (Å²) >= 11 is 1.63. The Kier molecular flexibility index (Phi) is 6.13. The zero-order chi connectivity index (χ0) is 19.2. The van der Waals surface area contributed by atoms with Gasteiger partial charge in [0.1, 0.15) is 11.5 Å². The average molecular weight is 385 g/mol. The summed E-state index contributed by atoms with van der Waals surface area (Å²) in [6, 6.07) is 11.3. The van der Waals surface area contributed by atoms with Crippen molar-refractivity contribution in [2.45, 2.75) is 20.8 Å². The predicted molar refractivity (Wildman–Crippen MR) is 110 cm³/mol. The van der Waals surface area contributed by atoms with E-state index in [1.807, 2.05) is 45.0 Å². The number of fused-ring (bicyclic) bond motifs is 1. The molecule has 3 rings (SSSR count). The van der Waals surface area contributed by atoms with Gasteiger partial charge < -0.3 is 20.1 Å². The minimum absolute atomic E-state index is 0.147. The molecule has 0 fully saturated rings. The number of rotatable bonds is 8. The molecule has 0 unspecified atom stereocenters. The molecule has 0 aliphatic rings. The molecule has 7 heteroatoms. The Morgan fingerprint density at radius 3 is 2.70 bits per heavy atom. The molecule has 2 N–H and O–H groups in total. The first-order chi connectivity index (χ1) is 13.1. The highest BCUT2D eigenvalue weighted by atomic mass is 32.1. The number of anilines is 2. The van der Waals surface area contributed by atoms with Gasteiger partial charge in [-0.3, -0.25) is 4.79 Å². The number of nitrogens with one attached hydrogen (secondary N) is 2. The van der Waals surface area contributed by atoms with Crippen LogP contribution in [0.15, 0.2) is 36.4 Å². The third-order valence-corrected chi connectivity index (χ3v) is 4.72. The van der Waals surface area contributed by atoms with Crippen molar-refractivity contribution in [2.75, 3.05) is 30.4 Å². The number of aryl methyl sites for hydroxylation is 1. The number of ether oxygens (including phenoxy) is 2. The lowest BCUT2D eigenvalue weighted by molar-refractivity contribution is -0.114. The maximum absolute atomic E-state index is 12.4. The molecule has 1 aromatic heterocycles. The number of benzene rings is 2. The van der Waals surface area contributed by atoms with Crippen molar-refractivity contribution in [2.24, 2.45) is 0 Å². The van der Waals surface area contributed by atoms with Gasteiger partial charge in [0.2, 0.25) is 5.91 Å². The van der Waals surface area contributed by atoms with Crippen molar-refractivity contribution >= 4 is 38.8 Å². The number of amides is 1. The fraction of sp³-hybridized carbons (Fsp3) is 0.300. The second kappa shape index (κ2) is 8.73. The van der Waals surface area contributed by atoms with Crippen LogP contribution in [0, 0.1) is 6.92 Å². The van der Waals surface area contributed by atoms with Crippen molar-refractivity contribution in [3.8, 4) is 11.5 Å². The lowest BCUT2D eigenvalue weighted by Gasteiger charge is -2.14. The number of aromatic nitrogens is 1. The van der Waals surface area contributed by atoms with E-state index in [2.05, 4.69) is 15.6 Å². The maximum Gasteiger partial charge on any atom is 0.243 e. The Morgan fingerprint density at radius 1 is 1.11 bits per heavy atom. The van der Waals surface area contributed by atoms with Crippen LogP contribution in [0.2, 0.25) is 0 Å². The van der Waals surface area contributed by atoms with Gasteiger partial charge in [0.15, 0.2) is 0 Å². The highest BCUT2D eigenvalue weighted by Gasteiger charge is 2.10. The highest BCUT2D eigenvalue weighted by Crippen LogP contribution is 2.29. The number of carbonyl (C=O) groups excluding carboxylic acids is 1. The number of nitrogens with zero attached hydrogens (tertiary/aromatic N) is 1. The molecule has 6 nitrogen and oxygen atoms in total. The molecule has 0 saturated heterocycles. The van der Waals surface area contributed by atoms with E-state index in [4.69, 9.17) is 9.47 Å². The summed E-state index contributed by atoms with van der Waals surface area (Å²) in [4.78, 5) is 16.8. The van der Waals surface area contributed by atoms with Gasteiger partial charge in [-0.2, -0.15) is 0 Å². The zero-order valence-corrected chi connectivity index (χ0v) is 16.5. The minimum atomic E-state index is -0.162. The molecule has 1 amide bonds. The van der Waals surface area contributed by atoms with Gasteiger partial charge in [0.25, 0.3) is 0 Å². The van der Waals surface area contributed by atoms with Gasteiger partial charge in [-0.25, -0.2) is 4.98 Å². The van der Waals surface area contributed by atoms with Crippen molar-refractivity contribution in [3.63, 3.8) is 0 Å². The molecule has 0 atom stereocenters. The lowest BCUT2D eigenvalue weighted by Crippen LogP contribution is -2.22. The van der Waals surface area contributed by atoms with Gasteiger partial charge >= 0.3 is 0 Å². The van der Waals surface area contributed by atoms with Crippen LogP contribution < -0.4 is 20.1 Å². The number of carbonyl (C=O) groups is 1. The summed E-state index contributed by atoms with van der Waals surface area (Å²) < 4.78 is 12.2. The molecular formula is C20H23N3O3S. The normalized spacial score (nSPS) is 10.6. The summed E-state index contributed by atoms with van der Waals surface area (Å²) in [6.07, 6.45) is 0. The maximum atomic E-state index is 12.4. The molecule has 0 aliphatic heterocycles. The fourth-order valence-electron chi connectivity index (χ4n) is 2.67. The van der Waals surface area contributed by atoms with E-state index in [0.29, 0.717) is 30.4 Å². The first kappa shape index (κ1) is 19.0. The van der Waals surface area contributed by atoms with Crippen LogP contribution in [0.5, 0.6) is 11.5 Å². The van der Waals surface area contributed by atoms with E-state index in [9.17, 15) is 4.79 Å². The van der Waals surface area contributed by atoms with E-state index < -0.39 is 0 Å². The molecular weight excluding hydrogens is 362 g/mol. The van der Waals surface area contributed by atoms with E-state index in [1.54, 1.807) is 23.5 Å². The Bertz CT molecular complexity index is 939. The summed E-state index contributed by atoms with van der Waals surface area (Å²) in [6.45, 7) is 7.03. The van der Waals surface area contributed by atoms with Crippen LogP contribution >= 0.6 is 11.3 Å². The van der Waals surface area contributed by atoms with E-state index in [0.717, 1.165) is 20.9 Å². The van der Waals surface area contributed by atoms with Gasteiger partial charge in [-0.15, -0.1) is 11.3 Å². The van der Waals surface area contributed by atoms with Crippen LogP contribution in [-0.2, 0) is 4.79 Å². The van der Waals surface area contributed by atoms with E-state index in [-0.39, 0.29) is 12.5 Å². The van der Waals surface area contributed by atoms with Crippen LogP contribution in [0.3, 0.4) is 0 Å². The molecule has 27 heavy (non-hydrogen) atoms. The molecule has 0 spiro atoms. The third kappa shape index (κ3) is 4.89. The monoisotopic (exact) mass is 385 g/mol. The summed E-state index contributed by atoms with van der Waals surface area (Å²) in [7, 11) is 0. The van der Waals surface area contributed by atoms with Crippen molar-refractivity contribution in [3.05, 3.63) is 41.4 Å². The van der Waals surface area contributed by atoms with Gasteiger partial charge in [-0.05, 0) is 51.1 Å². The van der Waals surface area contributed by atoms with E-state index >= 15 is 0 Å². The number of hydrogen-bond acceptors (Lipinski definition) is 6. The molecule has 3 aromatic rings.